The molecule has 0 unspecified atom stereocenters. The van der Waals surface area contributed by atoms with Gasteiger partial charge in [-0.3, -0.25) is 0 Å². The molecule has 3 aromatic rings. The lowest BCUT2D eigenvalue weighted by molar-refractivity contribution is 0.946. The van der Waals surface area contributed by atoms with Crippen LogP contribution in [0.25, 0.3) is 28.5 Å². The molecule has 98 valence electrons. The molecule has 0 aliphatic heterocycles. The molecule has 0 radical (unpaired) electrons. The minimum atomic E-state index is 1.04. The molecule has 1 aliphatic carbocycles. The van der Waals surface area contributed by atoms with Gasteiger partial charge in [-0.05, 0) is 24.5 Å². The number of hydrogen-bond acceptors (Lipinski definition) is 1. The van der Waals surface area contributed by atoms with Crippen LogP contribution in [0, 0.1) is 0 Å². The van der Waals surface area contributed by atoms with E-state index in [2.05, 4.69) is 60.2 Å². The first kappa shape index (κ1) is 11.5. The van der Waals surface area contributed by atoms with E-state index < -0.39 is 0 Å². The van der Waals surface area contributed by atoms with Crippen LogP contribution in [0.2, 0.25) is 0 Å². The molecule has 0 fully saturated rings. The van der Waals surface area contributed by atoms with E-state index in [1.807, 2.05) is 6.07 Å². The summed E-state index contributed by atoms with van der Waals surface area (Å²) in [6.45, 7) is 0. The number of fused-ring (bicyclic) bond motifs is 3. The lowest BCUT2D eigenvalue weighted by atomic mass is 9.96. The van der Waals surface area contributed by atoms with E-state index in [4.69, 9.17) is 4.98 Å². The Hall–Kier alpha value is -2.35. The van der Waals surface area contributed by atoms with Gasteiger partial charge in [0.15, 0.2) is 0 Å². The fourth-order valence-electron chi connectivity index (χ4n) is 3.07. The van der Waals surface area contributed by atoms with Gasteiger partial charge in [0.05, 0.1) is 11.0 Å². The lowest BCUT2D eigenvalue weighted by Crippen LogP contribution is -1.98. The Morgan fingerprint density at radius 1 is 1.05 bits per heavy atom. The molecule has 20 heavy (non-hydrogen) atoms. The summed E-state index contributed by atoms with van der Waals surface area (Å²) in [5, 5.41) is 0. The highest BCUT2D eigenvalue weighted by atomic mass is 15.1. The lowest BCUT2D eigenvalue weighted by Gasteiger charge is -2.12. The molecule has 4 rings (SSSR count). The molecule has 2 nitrogen and oxygen atoms in total. The van der Waals surface area contributed by atoms with Crippen LogP contribution in [-0.4, -0.2) is 9.55 Å². The van der Waals surface area contributed by atoms with Crippen molar-refractivity contribution in [1.29, 1.82) is 0 Å². The Morgan fingerprint density at radius 2 is 1.90 bits per heavy atom. The minimum Gasteiger partial charge on any atom is -0.327 e. The van der Waals surface area contributed by atoms with Gasteiger partial charge in [0.2, 0.25) is 0 Å². The standard InChI is InChI=1S/C18H16N2/c1-20-17-15-10-6-5-7-13(15)11-12-16(17)19-18(20)14-8-3-2-4-9-14/h2-4,6,8-12H,5,7H2,1H3. The molecular formula is C18H16N2. The van der Waals surface area contributed by atoms with Crippen molar-refractivity contribution in [3.8, 4) is 11.4 Å². The average molecular weight is 260 g/mol. The molecule has 0 saturated carbocycles. The fourth-order valence-corrected chi connectivity index (χ4v) is 3.07. The normalized spacial score (nSPS) is 13.7. The van der Waals surface area contributed by atoms with Crippen LogP contribution in [0.1, 0.15) is 17.5 Å². The third-order valence-corrected chi connectivity index (χ3v) is 4.06. The van der Waals surface area contributed by atoms with Crippen molar-refractivity contribution in [2.45, 2.75) is 12.8 Å². The summed E-state index contributed by atoms with van der Waals surface area (Å²) in [5.41, 5.74) is 6.27. The average Bonchev–Trinajstić information content (AvgIpc) is 2.86. The molecule has 1 heterocycles. The van der Waals surface area contributed by atoms with E-state index >= 15 is 0 Å². The summed E-state index contributed by atoms with van der Waals surface area (Å²) in [6, 6.07) is 14.8. The van der Waals surface area contributed by atoms with E-state index in [1.165, 1.54) is 22.2 Å². The quantitative estimate of drug-likeness (QED) is 0.641. The Balaban J connectivity index is 2.03. The number of aryl methyl sites for hydroxylation is 2. The molecule has 0 atom stereocenters. The van der Waals surface area contributed by atoms with Crippen molar-refractivity contribution < 1.29 is 0 Å². The topological polar surface area (TPSA) is 17.8 Å². The number of allylic oxidation sites excluding steroid dienone is 1. The molecule has 1 aliphatic rings. The van der Waals surface area contributed by atoms with Gasteiger partial charge < -0.3 is 4.57 Å². The van der Waals surface area contributed by atoms with Crippen LogP contribution >= 0.6 is 0 Å². The molecule has 0 bridgehead atoms. The Kier molecular flexibility index (Phi) is 2.49. The van der Waals surface area contributed by atoms with Gasteiger partial charge in [-0.15, -0.1) is 0 Å². The second-order valence-electron chi connectivity index (χ2n) is 5.31. The van der Waals surface area contributed by atoms with Gasteiger partial charge in [-0.1, -0.05) is 48.6 Å². The first-order chi connectivity index (χ1) is 9.84. The predicted octanol–water partition coefficient (Wildman–Crippen LogP) is 4.20. The van der Waals surface area contributed by atoms with E-state index in [1.54, 1.807) is 0 Å². The molecule has 0 spiro atoms. The zero-order valence-electron chi connectivity index (χ0n) is 11.5. The SMILES string of the molecule is Cn1c(-c2ccccc2)nc2ccc3c(c21)C=CCC3. The first-order valence-electron chi connectivity index (χ1n) is 7.05. The van der Waals surface area contributed by atoms with E-state index in [0.717, 1.165) is 24.2 Å². The summed E-state index contributed by atoms with van der Waals surface area (Å²) in [7, 11) is 2.11. The van der Waals surface area contributed by atoms with Gasteiger partial charge in [-0.2, -0.15) is 0 Å². The number of rotatable bonds is 1. The van der Waals surface area contributed by atoms with Crippen molar-refractivity contribution in [3.63, 3.8) is 0 Å². The maximum atomic E-state index is 4.82. The van der Waals surface area contributed by atoms with E-state index in [9.17, 15) is 0 Å². The second-order valence-corrected chi connectivity index (χ2v) is 5.31. The third kappa shape index (κ3) is 1.61. The van der Waals surface area contributed by atoms with E-state index in [-0.39, 0.29) is 0 Å². The van der Waals surface area contributed by atoms with Crippen LogP contribution in [0.15, 0.2) is 48.5 Å². The Morgan fingerprint density at radius 3 is 2.75 bits per heavy atom. The van der Waals surface area contributed by atoms with Crippen molar-refractivity contribution >= 4 is 17.1 Å². The van der Waals surface area contributed by atoms with Crippen LogP contribution in [0.3, 0.4) is 0 Å². The minimum absolute atomic E-state index is 1.04. The number of nitrogens with zero attached hydrogens (tertiary/aromatic N) is 2. The highest BCUT2D eigenvalue weighted by molar-refractivity contribution is 5.90. The Labute approximate surface area is 118 Å². The first-order valence-corrected chi connectivity index (χ1v) is 7.05. The summed E-state index contributed by atoms with van der Waals surface area (Å²) in [5.74, 6) is 1.04. The second kappa shape index (κ2) is 4.34. The summed E-state index contributed by atoms with van der Waals surface area (Å²) in [6.07, 6.45) is 6.78. The zero-order valence-corrected chi connectivity index (χ0v) is 11.5. The molecular weight excluding hydrogens is 244 g/mol. The van der Waals surface area contributed by atoms with Crippen LogP contribution in [0.4, 0.5) is 0 Å². The van der Waals surface area contributed by atoms with Crippen molar-refractivity contribution in [1.82, 2.24) is 9.55 Å². The maximum absolute atomic E-state index is 4.82. The highest BCUT2D eigenvalue weighted by Crippen LogP contribution is 2.31. The number of aromatic nitrogens is 2. The maximum Gasteiger partial charge on any atom is 0.140 e. The predicted molar refractivity (Wildman–Crippen MR) is 83.5 cm³/mol. The largest absolute Gasteiger partial charge is 0.327 e. The zero-order chi connectivity index (χ0) is 13.5. The Bertz CT molecular complexity index is 810. The van der Waals surface area contributed by atoms with Crippen LogP contribution in [-0.2, 0) is 13.5 Å². The molecule has 0 saturated heterocycles. The fraction of sp³-hybridized carbons (Fsp3) is 0.167. The van der Waals surface area contributed by atoms with Gasteiger partial charge in [0.25, 0.3) is 0 Å². The third-order valence-electron chi connectivity index (χ3n) is 4.06. The molecule has 2 aromatic carbocycles. The van der Waals surface area contributed by atoms with Crippen molar-refractivity contribution in [2.75, 3.05) is 0 Å². The molecule has 2 heteroatoms. The highest BCUT2D eigenvalue weighted by Gasteiger charge is 2.15. The number of benzene rings is 2. The van der Waals surface area contributed by atoms with Gasteiger partial charge >= 0.3 is 0 Å². The summed E-state index contributed by atoms with van der Waals surface area (Å²) < 4.78 is 2.22. The van der Waals surface area contributed by atoms with Gasteiger partial charge in [0, 0.05) is 18.2 Å². The van der Waals surface area contributed by atoms with E-state index in [0.29, 0.717) is 0 Å². The van der Waals surface area contributed by atoms with Crippen LogP contribution in [0.5, 0.6) is 0 Å². The summed E-state index contributed by atoms with van der Waals surface area (Å²) in [4.78, 5) is 4.82. The summed E-state index contributed by atoms with van der Waals surface area (Å²) >= 11 is 0. The van der Waals surface area contributed by atoms with Gasteiger partial charge in [0.1, 0.15) is 5.82 Å². The smallest absolute Gasteiger partial charge is 0.140 e. The monoisotopic (exact) mass is 260 g/mol. The van der Waals surface area contributed by atoms with Crippen LogP contribution < -0.4 is 0 Å². The van der Waals surface area contributed by atoms with Gasteiger partial charge in [-0.25, -0.2) is 4.98 Å². The number of hydrogen-bond donors (Lipinski definition) is 0. The molecule has 0 amide bonds. The number of imidazole rings is 1. The van der Waals surface area contributed by atoms with Crippen molar-refractivity contribution in [2.24, 2.45) is 7.05 Å². The molecule has 0 N–H and O–H groups in total. The molecule has 1 aromatic heterocycles. The van der Waals surface area contributed by atoms with Crippen molar-refractivity contribution in [3.05, 3.63) is 59.7 Å².